The van der Waals surface area contributed by atoms with E-state index in [1.54, 1.807) is 23.0 Å². The normalized spacial score (nSPS) is 16.9. The van der Waals surface area contributed by atoms with E-state index in [1.807, 2.05) is 92.6 Å². The Balaban J connectivity index is 1.30. The van der Waals surface area contributed by atoms with E-state index in [0.717, 1.165) is 23.4 Å². The minimum atomic E-state index is -0.359. The van der Waals surface area contributed by atoms with Gasteiger partial charge in [0.2, 0.25) is 5.91 Å². The number of nitrogens with zero attached hydrogens (tertiary/aromatic N) is 6. The first-order valence-electron chi connectivity index (χ1n) is 15.3. The van der Waals surface area contributed by atoms with Crippen molar-refractivity contribution >= 4 is 34.7 Å². The van der Waals surface area contributed by atoms with E-state index in [-0.39, 0.29) is 35.8 Å². The van der Waals surface area contributed by atoms with Crippen LogP contribution in [0.25, 0.3) is 11.3 Å². The van der Waals surface area contributed by atoms with Crippen LogP contribution in [0.5, 0.6) is 0 Å². The topological polar surface area (TPSA) is 114 Å². The molecule has 3 heterocycles. The molecule has 238 valence electrons. The van der Waals surface area contributed by atoms with Gasteiger partial charge >= 0.3 is 0 Å². The monoisotopic (exact) mass is 621 g/mol. The number of aryl methyl sites for hydroxylation is 1. The number of piperazine rings is 1. The second kappa shape index (κ2) is 12.4. The zero-order valence-electron chi connectivity index (χ0n) is 26.8. The van der Waals surface area contributed by atoms with Gasteiger partial charge in [0.1, 0.15) is 6.04 Å². The highest BCUT2D eigenvalue weighted by Gasteiger charge is 2.32. The van der Waals surface area contributed by atoms with E-state index in [9.17, 15) is 19.5 Å². The Bertz CT molecular complexity index is 1870. The Hall–Kier alpha value is -5.00. The molecular formula is C35H39N7O4. The Morgan fingerprint density at radius 1 is 0.935 bits per heavy atom. The minimum Gasteiger partial charge on any atom is -0.392 e. The van der Waals surface area contributed by atoms with Gasteiger partial charge in [-0.1, -0.05) is 24.3 Å². The number of anilines is 4. The highest BCUT2D eigenvalue weighted by atomic mass is 16.3. The fraction of sp³-hybridized carbons (Fsp3) is 0.314. The van der Waals surface area contributed by atoms with Gasteiger partial charge in [-0.3, -0.25) is 19.3 Å². The van der Waals surface area contributed by atoms with Crippen molar-refractivity contribution < 1.29 is 14.7 Å². The molecule has 46 heavy (non-hydrogen) atoms. The maximum Gasteiger partial charge on any atom is 0.293 e. The summed E-state index contributed by atoms with van der Waals surface area (Å²) in [6, 6.07) is 18.4. The minimum absolute atomic E-state index is 0.0496. The Morgan fingerprint density at radius 2 is 1.70 bits per heavy atom. The summed E-state index contributed by atoms with van der Waals surface area (Å²) in [7, 11) is 9.35. The van der Waals surface area contributed by atoms with E-state index in [4.69, 9.17) is 0 Å². The molecule has 3 aromatic carbocycles. The maximum absolute atomic E-state index is 13.7. The molecule has 0 radical (unpaired) electrons. The fourth-order valence-electron chi connectivity index (χ4n) is 6.26. The molecule has 1 unspecified atom stereocenters. The van der Waals surface area contributed by atoms with E-state index in [1.165, 1.54) is 4.57 Å². The summed E-state index contributed by atoms with van der Waals surface area (Å²) < 4.78 is 1.45. The summed E-state index contributed by atoms with van der Waals surface area (Å²) in [5, 5.41) is 13.7. The Labute approximate surface area is 268 Å². The SMILES string of the molecule is CN1CCN(C)C(c2ccc(Nc3nc(-c4cccc(N5CCc6cc(N(C)C)ccc6C5=O)c4CO)cn(C)c3=O)cc2)C1=O. The van der Waals surface area contributed by atoms with E-state index >= 15 is 0 Å². The van der Waals surface area contributed by atoms with Crippen molar-refractivity contribution in [2.75, 3.05) is 62.9 Å². The first-order valence-corrected chi connectivity index (χ1v) is 15.3. The standard InChI is InChI=1S/C35H39N7O4/c1-38(2)25-13-14-26-23(19-25)15-16-42(33(26)44)30-8-6-7-27(28(30)21-43)29-20-41(5)35(46)32(37-29)36-24-11-9-22(10-12-24)31-34(45)40(4)18-17-39(31)3/h6-14,19-20,31,43H,15-18,21H2,1-5H3,(H,36,37). The van der Waals surface area contributed by atoms with Crippen LogP contribution in [0.3, 0.4) is 0 Å². The van der Waals surface area contributed by atoms with Crippen LogP contribution in [0, 0.1) is 0 Å². The van der Waals surface area contributed by atoms with E-state index in [0.29, 0.717) is 53.3 Å². The molecule has 0 bridgehead atoms. The number of rotatable bonds is 7. The van der Waals surface area contributed by atoms with Crippen molar-refractivity contribution in [1.29, 1.82) is 0 Å². The second-order valence-corrected chi connectivity index (χ2v) is 12.2. The Kier molecular flexibility index (Phi) is 8.37. The summed E-state index contributed by atoms with van der Waals surface area (Å²) in [4.78, 5) is 51.9. The van der Waals surface area contributed by atoms with Gasteiger partial charge in [0.05, 0.1) is 18.0 Å². The molecule has 2 N–H and O–H groups in total. The van der Waals surface area contributed by atoms with Gasteiger partial charge in [0, 0.05) is 82.1 Å². The summed E-state index contributed by atoms with van der Waals surface area (Å²) >= 11 is 0. The van der Waals surface area contributed by atoms with E-state index in [2.05, 4.69) is 16.4 Å². The predicted molar refractivity (Wildman–Crippen MR) is 180 cm³/mol. The number of hydrogen-bond acceptors (Lipinski definition) is 8. The first kappa shape index (κ1) is 31.0. The number of nitrogens with one attached hydrogen (secondary N) is 1. The first-order chi connectivity index (χ1) is 22.1. The molecule has 0 aliphatic carbocycles. The highest BCUT2D eigenvalue weighted by Crippen LogP contribution is 2.35. The predicted octanol–water partition coefficient (Wildman–Crippen LogP) is 3.40. The number of carbonyl (C=O) groups excluding carboxylic acids is 2. The molecule has 0 saturated carbocycles. The van der Waals surface area contributed by atoms with Gasteiger partial charge in [0.25, 0.3) is 11.5 Å². The van der Waals surface area contributed by atoms with Crippen LogP contribution in [0.2, 0.25) is 0 Å². The molecule has 11 heteroatoms. The molecular weight excluding hydrogens is 582 g/mol. The molecule has 1 saturated heterocycles. The Morgan fingerprint density at radius 3 is 2.41 bits per heavy atom. The number of hydrogen-bond donors (Lipinski definition) is 2. The lowest BCUT2D eigenvalue weighted by molar-refractivity contribution is -0.139. The van der Waals surface area contributed by atoms with Gasteiger partial charge in [-0.25, -0.2) is 4.98 Å². The van der Waals surface area contributed by atoms with Crippen molar-refractivity contribution in [2.24, 2.45) is 7.05 Å². The quantitative estimate of drug-likeness (QED) is 0.323. The maximum atomic E-state index is 13.7. The van der Waals surface area contributed by atoms with Gasteiger partial charge in [-0.15, -0.1) is 0 Å². The smallest absolute Gasteiger partial charge is 0.293 e. The molecule has 2 aliphatic heterocycles. The van der Waals surface area contributed by atoms with Gasteiger partial charge in [-0.05, 0) is 61.0 Å². The van der Waals surface area contributed by atoms with Crippen LogP contribution in [0.15, 0.2) is 71.7 Å². The summed E-state index contributed by atoms with van der Waals surface area (Å²) in [6.07, 6.45) is 2.32. The van der Waals surface area contributed by atoms with Crippen molar-refractivity contribution in [3.8, 4) is 11.3 Å². The van der Waals surface area contributed by atoms with Crippen molar-refractivity contribution in [3.63, 3.8) is 0 Å². The third-order valence-corrected chi connectivity index (χ3v) is 8.96. The van der Waals surface area contributed by atoms with Crippen LogP contribution in [0.4, 0.5) is 22.9 Å². The van der Waals surface area contributed by atoms with Crippen LogP contribution in [0.1, 0.15) is 33.1 Å². The van der Waals surface area contributed by atoms with Crippen molar-refractivity contribution in [3.05, 3.63) is 99.5 Å². The molecule has 2 aliphatic rings. The average Bonchev–Trinajstić information content (AvgIpc) is 3.05. The average molecular weight is 622 g/mol. The van der Waals surface area contributed by atoms with Crippen LogP contribution in [-0.2, 0) is 24.9 Å². The molecule has 6 rings (SSSR count). The summed E-state index contributed by atoms with van der Waals surface area (Å²) in [6.45, 7) is 1.63. The number of aliphatic hydroxyl groups excluding tert-OH is 1. The third kappa shape index (κ3) is 5.63. The lowest BCUT2D eigenvalue weighted by Crippen LogP contribution is -2.48. The second-order valence-electron chi connectivity index (χ2n) is 12.2. The van der Waals surface area contributed by atoms with Crippen LogP contribution < -0.4 is 20.7 Å². The fourth-order valence-corrected chi connectivity index (χ4v) is 6.26. The van der Waals surface area contributed by atoms with Crippen LogP contribution >= 0.6 is 0 Å². The zero-order valence-corrected chi connectivity index (χ0v) is 26.8. The van der Waals surface area contributed by atoms with Gasteiger partial charge in [-0.2, -0.15) is 0 Å². The van der Waals surface area contributed by atoms with Crippen molar-refractivity contribution in [2.45, 2.75) is 19.1 Å². The molecule has 4 aromatic rings. The van der Waals surface area contributed by atoms with Gasteiger partial charge in [0.15, 0.2) is 5.82 Å². The zero-order chi connectivity index (χ0) is 32.7. The van der Waals surface area contributed by atoms with Gasteiger partial charge < -0.3 is 29.7 Å². The third-order valence-electron chi connectivity index (χ3n) is 8.96. The number of carbonyl (C=O) groups is 2. The summed E-state index contributed by atoms with van der Waals surface area (Å²) in [5.41, 5.74) is 6.16. The largest absolute Gasteiger partial charge is 0.392 e. The van der Waals surface area contributed by atoms with Crippen molar-refractivity contribution in [1.82, 2.24) is 19.4 Å². The summed E-state index contributed by atoms with van der Waals surface area (Å²) in [5.74, 6) is 0.0474. The van der Waals surface area contributed by atoms with E-state index < -0.39 is 0 Å². The number of benzene rings is 3. The number of likely N-dealkylation sites (N-methyl/N-ethyl adjacent to an activating group) is 2. The number of aliphatic hydroxyl groups is 1. The molecule has 11 nitrogen and oxygen atoms in total. The molecule has 1 aromatic heterocycles. The highest BCUT2D eigenvalue weighted by molar-refractivity contribution is 6.09. The van der Waals surface area contributed by atoms with Crippen LogP contribution in [-0.4, -0.2) is 84.1 Å². The lowest BCUT2D eigenvalue weighted by Gasteiger charge is -2.37. The molecule has 1 fully saturated rings. The molecule has 1 atom stereocenters. The lowest BCUT2D eigenvalue weighted by atomic mass is 9.95. The number of amides is 2. The number of aromatic nitrogens is 2. The molecule has 2 amide bonds. The number of fused-ring (bicyclic) bond motifs is 1. The molecule has 0 spiro atoms.